The number of thiophene rings is 1. The number of nitrogens with zero attached hydrogens (tertiary/aromatic N) is 4. The van der Waals surface area contributed by atoms with Gasteiger partial charge in [0.2, 0.25) is 0 Å². The molecule has 0 aliphatic carbocycles. The summed E-state index contributed by atoms with van der Waals surface area (Å²) in [7, 11) is 2.19. The molecule has 0 amide bonds. The van der Waals surface area contributed by atoms with E-state index in [4.69, 9.17) is 4.99 Å². The zero-order valence-corrected chi connectivity index (χ0v) is 15.4. The Hall–Kier alpha value is -1.85. The fourth-order valence-electron chi connectivity index (χ4n) is 3.34. The Morgan fingerprint density at radius 2 is 1.96 bits per heavy atom. The lowest BCUT2D eigenvalue weighted by Gasteiger charge is -2.40. The molecule has 0 bridgehead atoms. The number of piperazine rings is 1. The van der Waals surface area contributed by atoms with Crippen molar-refractivity contribution in [2.75, 3.05) is 33.2 Å². The highest BCUT2D eigenvalue weighted by molar-refractivity contribution is 7.11. The topological polar surface area (TPSA) is 22.1 Å². The SMILES string of the molecule is CC1=CN2C(=CC1C)C(N1CCN(C)CC1)=NC=C2c1cccs1. The lowest BCUT2D eigenvalue weighted by molar-refractivity contribution is 0.214. The molecule has 0 saturated carbocycles. The Bertz CT molecular complexity index is 733. The number of aliphatic imine (C=N–C) groups is 1. The van der Waals surface area contributed by atoms with E-state index >= 15 is 0 Å². The van der Waals surface area contributed by atoms with E-state index in [1.165, 1.54) is 21.8 Å². The summed E-state index contributed by atoms with van der Waals surface area (Å²) in [6, 6.07) is 4.28. The van der Waals surface area contributed by atoms with Crippen LogP contribution in [0.25, 0.3) is 5.70 Å². The molecular weight excluding hydrogens is 316 g/mol. The largest absolute Gasteiger partial charge is 0.352 e. The van der Waals surface area contributed by atoms with E-state index in [0.717, 1.165) is 32.0 Å². The van der Waals surface area contributed by atoms with Crippen molar-refractivity contribution in [1.82, 2.24) is 14.7 Å². The molecule has 1 aromatic rings. The van der Waals surface area contributed by atoms with E-state index < -0.39 is 0 Å². The standard InChI is InChI=1S/C19H24N4S/c1-14-11-16-19(22-8-6-21(3)7-9-22)20-12-17(18-5-4-10-24-18)23(16)13-15(14)2/h4-5,10-14H,6-9H2,1-3H3. The number of rotatable bonds is 1. The maximum atomic E-state index is 4.89. The number of hydrogen-bond acceptors (Lipinski definition) is 5. The summed E-state index contributed by atoms with van der Waals surface area (Å²) in [5, 5.41) is 2.13. The van der Waals surface area contributed by atoms with Crippen LogP contribution in [0.1, 0.15) is 18.7 Å². The molecule has 1 unspecified atom stereocenters. The van der Waals surface area contributed by atoms with Gasteiger partial charge in [0.05, 0.1) is 22.5 Å². The number of fused-ring (bicyclic) bond motifs is 1. The zero-order valence-electron chi connectivity index (χ0n) is 14.6. The minimum absolute atomic E-state index is 0.455. The fraction of sp³-hybridized carbons (Fsp3) is 0.421. The first-order valence-corrected chi connectivity index (χ1v) is 9.46. The summed E-state index contributed by atoms with van der Waals surface area (Å²) in [6.07, 6.45) is 6.69. The third-order valence-corrected chi connectivity index (χ3v) is 5.98. The van der Waals surface area contributed by atoms with Gasteiger partial charge in [-0.1, -0.05) is 13.0 Å². The summed E-state index contributed by atoms with van der Waals surface area (Å²) in [5.74, 6) is 1.58. The van der Waals surface area contributed by atoms with E-state index in [1.54, 1.807) is 11.3 Å². The highest BCUT2D eigenvalue weighted by Crippen LogP contribution is 2.36. The van der Waals surface area contributed by atoms with Crippen molar-refractivity contribution >= 4 is 22.9 Å². The molecule has 0 aromatic carbocycles. The fourth-order valence-corrected chi connectivity index (χ4v) is 4.07. The second-order valence-corrected chi connectivity index (χ2v) is 7.77. The molecular formula is C19H24N4S. The Kier molecular flexibility index (Phi) is 4.06. The van der Waals surface area contributed by atoms with Crippen LogP contribution in [-0.2, 0) is 0 Å². The van der Waals surface area contributed by atoms with E-state index in [2.05, 4.69) is 65.4 Å². The van der Waals surface area contributed by atoms with Crippen LogP contribution in [0.5, 0.6) is 0 Å². The zero-order chi connectivity index (χ0) is 16.7. The van der Waals surface area contributed by atoms with Crippen molar-refractivity contribution in [3.8, 4) is 0 Å². The molecule has 1 atom stereocenters. The molecule has 0 N–H and O–H groups in total. The second-order valence-electron chi connectivity index (χ2n) is 6.82. The average Bonchev–Trinajstić information content (AvgIpc) is 3.10. The summed E-state index contributed by atoms with van der Waals surface area (Å²) in [4.78, 5) is 13.3. The third kappa shape index (κ3) is 2.72. The number of amidine groups is 1. The van der Waals surface area contributed by atoms with Gasteiger partial charge >= 0.3 is 0 Å². The Morgan fingerprint density at radius 3 is 2.67 bits per heavy atom. The monoisotopic (exact) mass is 340 g/mol. The van der Waals surface area contributed by atoms with Gasteiger partial charge in [0.1, 0.15) is 0 Å². The van der Waals surface area contributed by atoms with E-state index in [1.807, 2.05) is 6.20 Å². The summed E-state index contributed by atoms with van der Waals surface area (Å²) in [5.41, 5.74) is 3.81. The van der Waals surface area contributed by atoms with Crippen LogP contribution in [0.15, 0.2) is 52.3 Å². The molecule has 0 spiro atoms. The normalized spacial score (nSPS) is 24.9. The predicted molar refractivity (Wildman–Crippen MR) is 102 cm³/mol. The van der Waals surface area contributed by atoms with Crippen LogP contribution in [0, 0.1) is 5.92 Å². The van der Waals surface area contributed by atoms with Gasteiger partial charge in [-0.15, -0.1) is 11.3 Å². The van der Waals surface area contributed by atoms with Gasteiger partial charge < -0.3 is 14.7 Å². The molecule has 1 saturated heterocycles. The average molecular weight is 340 g/mol. The van der Waals surface area contributed by atoms with Crippen molar-refractivity contribution in [2.24, 2.45) is 10.9 Å². The van der Waals surface area contributed by atoms with Gasteiger partial charge in [-0.25, -0.2) is 4.99 Å². The van der Waals surface area contributed by atoms with Gasteiger partial charge in [0.25, 0.3) is 0 Å². The van der Waals surface area contributed by atoms with Crippen molar-refractivity contribution < 1.29 is 0 Å². The van der Waals surface area contributed by atoms with Crippen LogP contribution in [-0.4, -0.2) is 53.8 Å². The maximum absolute atomic E-state index is 4.89. The summed E-state index contributed by atoms with van der Waals surface area (Å²) in [6.45, 7) is 8.75. The molecule has 4 heterocycles. The number of hydrogen-bond donors (Lipinski definition) is 0. The van der Waals surface area contributed by atoms with Gasteiger partial charge in [-0.2, -0.15) is 0 Å². The second kappa shape index (κ2) is 6.22. The van der Waals surface area contributed by atoms with Crippen molar-refractivity contribution in [2.45, 2.75) is 13.8 Å². The first-order chi connectivity index (χ1) is 11.6. The molecule has 5 heteroatoms. The van der Waals surface area contributed by atoms with Crippen molar-refractivity contribution in [1.29, 1.82) is 0 Å². The Balaban J connectivity index is 1.73. The Labute approximate surface area is 148 Å². The molecule has 0 radical (unpaired) electrons. The van der Waals surface area contributed by atoms with Crippen molar-refractivity contribution in [3.05, 3.63) is 52.1 Å². The molecule has 4 nitrogen and oxygen atoms in total. The highest BCUT2D eigenvalue weighted by Gasteiger charge is 2.31. The van der Waals surface area contributed by atoms with Crippen molar-refractivity contribution in [3.63, 3.8) is 0 Å². The van der Waals surface area contributed by atoms with E-state index in [0.29, 0.717) is 5.92 Å². The highest BCUT2D eigenvalue weighted by atomic mass is 32.1. The molecule has 3 aliphatic rings. The number of likely N-dealkylation sites (N-methyl/N-ethyl adjacent to an activating group) is 1. The van der Waals surface area contributed by atoms with Crippen LogP contribution in [0.3, 0.4) is 0 Å². The minimum atomic E-state index is 0.455. The minimum Gasteiger partial charge on any atom is -0.352 e. The Morgan fingerprint density at radius 1 is 1.17 bits per heavy atom. The molecule has 4 rings (SSSR count). The predicted octanol–water partition coefficient (Wildman–Crippen LogP) is 3.45. The smallest absolute Gasteiger partial charge is 0.152 e. The van der Waals surface area contributed by atoms with Gasteiger partial charge in [-0.3, -0.25) is 0 Å². The first-order valence-electron chi connectivity index (χ1n) is 8.58. The quantitative estimate of drug-likeness (QED) is 0.782. The third-order valence-electron chi connectivity index (χ3n) is 5.09. The van der Waals surface area contributed by atoms with Gasteiger partial charge in [-0.05, 0) is 43.0 Å². The molecule has 24 heavy (non-hydrogen) atoms. The molecule has 126 valence electrons. The lowest BCUT2D eigenvalue weighted by atomic mass is 9.97. The molecule has 3 aliphatic heterocycles. The van der Waals surface area contributed by atoms with E-state index in [-0.39, 0.29) is 0 Å². The van der Waals surface area contributed by atoms with Crippen LogP contribution in [0.2, 0.25) is 0 Å². The summed E-state index contributed by atoms with van der Waals surface area (Å²) >= 11 is 1.77. The van der Waals surface area contributed by atoms with Gasteiger partial charge in [0.15, 0.2) is 5.84 Å². The molecule has 1 fully saturated rings. The van der Waals surface area contributed by atoms with Crippen LogP contribution >= 0.6 is 11.3 Å². The van der Waals surface area contributed by atoms with Crippen LogP contribution < -0.4 is 0 Å². The molecule has 1 aromatic heterocycles. The van der Waals surface area contributed by atoms with Gasteiger partial charge in [0, 0.05) is 32.4 Å². The lowest BCUT2D eigenvalue weighted by Crippen LogP contribution is -2.49. The van der Waals surface area contributed by atoms with Crippen LogP contribution in [0.4, 0.5) is 0 Å². The summed E-state index contributed by atoms with van der Waals surface area (Å²) < 4.78 is 0. The maximum Gasteiger partial charge on any atom is 0.152 e. The number of allylic oxidation sites excluding steroid dienone is 2. The first kappa shape index (κ1) is 15.7. The van der Waals surface area contributed by atoms with E-state index in [9.17, 15) is 0 Å².